The highest BCUT2D eigenvalue weighted by molar-refractivity contribution is 5.32. The summed E-state index contributed by atoms with van der Waals surface area (Å²) in [6.45, 7) is 5.87. The van der Waals surface area contributed by atoms with E-state index >= 15 is 0 Å². The summed E-state index contributed by atoms with van der Waals surface area (Å²) in [6.07, 6.45) is 0.859. The Morgan fingerprint density at radius 3 is 2.62 bits per heavy atom. The lowest BCUT2D eigenvalue weighted by Gasteiger charge is -2.26. The minimum atomic E-state index is -2.47. The zero-order valence-electron chi connectivity index (χ0n) is 17.2. The lowest BCUT2D eigenvalue weighted by Crippen LogP contribution is -2.38. The number of methoxy groups -OCH3 is 1. The summed E-state index contributed by atoms with van der Waals surface area (Å²) < 4.78 is 33.2. The van der Waals surface area contributed by atoms with Crippen LogP contribution in [0.25, 0.3) is 0 Å². The summed E-state index contributed by atoms with van der Waals surface area (Å²) in [5.41, 5.74) is 3.49. The Hall–Kier alpha value is -2.09. The lowest BCUT2D eigenvalue weighted by molar-refractivity contribution is 0.0618. The molecule has 2 aromatic rings. The number of hydrogen-bond acceptors (Lipinski definition) is 4. The zero-order chi connectivity index (χ0) is 21.0. The van der Waals surface area contributed by atoms with Crippen LogP contribution in [0, 0.1) is 0 Å². The quantitative estimate of drug-likeness (QED) is 0.660. The number of nitrogens with zero attached hydrogens (tertiary/aromatic N) is 1. The van der Waals surface area contributed by atoms with Crippen LogP contribution in [0.3, 0.4) is 0 Å². The maximum absolute atomic E-state index is 13.1. The van der Waals surface area contributed by atoms with Gasteiger partial charge in [-0.25, -0.2) is 8.78 Å². The minimum Gasteiger partial charge on any atom is -0.367 e. The average Bonchev–Trinajstić information content (AvgIpc) is 2.74. The second kappa shape index (κ2) is 9.61. The van der Waals surface area contributed by atoms with Gasteiger partial charge in [0.25, 0.3) is 6.43 Å². The van der Waals surface area contributed by atoms with Crippen LogP contribution in [0.2, 0.25) is 0 Å². The fourth-order valence-electron chi connectivity index (χ4n) is 3.82. The number of ether oxygens (including phenoxy) is 1. The van der Waals surface area contributed by atoms with Crippen molar-refractivity contribution in [3.8, 4) is 0 Å². The Labute approximate surface area is 170 Å². The van der Waals surface area contributed by atoms with Crippen molar-refractivity contribution in [1.82, 2.24) is 15.2 Å². The van der Waals surface area contributed by atoms with Gasteiger partial charge >= 0.3 is 0 Å². The first-order valence-corrected chi connectivity index (χ1v) is 10.1. The van der Waals surface area contributed by atoms with Gasteiger partial charge in [0.1, 0.15) is 6.23 Å². The third kappa shape index (κ3) is 4.91. The Kier molecular flexibility index (Phi) is 7.16. The largest absolute Gasteiger partial charge is 0.367 e. The molecule has 0 saturated carbocycles. The van der Waals surface area contributed by atoms with Crippen molar-refractivity contribution in [3.05, 3.63) is 68.6 Å². The fourth-order valence-corrected chi connectivity index (χ4v) is 3.82. The SMILES string of the molecule is CCC(NC(C)c1cn(Cc2ccc(C(F)F)cc2)c2c(c1=O)CNCC2)OC. The second-order valence-electron chi connectivity index (χ2n) is 7.46. The van der Waals surface area contributed by atoms with Crippen LogP contribution in [0.4, 0.5) is 8.78 Å². The summed E-state index contributed by atoms with van der Waals surface area (Å²) in [4.78, 5) is 13.1. The first-order valence-electron chi connectivity index (χ1n) is 10.1. The van der Waals surface area contributed by atoms with E-state index in [1.807, 2.05) is 20.0 Å². The number of aromatic nitrogens is 1. The van der Waals surface area contributed by atoms with Gasteiger partial charge in [-0.05, 0) is 18.9 Å². The van der Waals surface area contributed by atoms with E-state index in [0.29, 0.717) is 18.7 Å². The molecule has 7 heteroatoms. The number of benzene rings is 1. The Morgan fingerprint density at radius 1 is 1.28 bits per heavy atom. The van der Waals surface area contributed by atoms with Crippen molar-refractivity contribution in [1.29, 1.82) is 0 Å². The van der Waals surface area contributed by atoms with Crippen LogP contribution < -0.4 is 16.1 Å². The molecule has 2 N–H and O–H groups in total. The molecule has 29 heavy (non-hydrogen) atoms. The second-order valence-corrected chi connectivity index (χ2v) is 7.46. The smallest absolute Gasteiger partial charge is 0.263 e. The Bertz CT molecular complexity index is 877. The molecule has 1 aromatic carbocycles. The topological polar surface area (TPSA) is 55.3 Å². The van der Waals surface area contributed by atoms with Crippen LogP contribution in [0.15, 0.2) is 35.3 Å². The molecule has 2 unspecified atom stereocenters. The van der Waals surface area contributed by atoms with Crippen molar-refractivity contribution < 1.29 is 13.5 Å². The maximum Gasteiger partial charge on any atom is 0.263 e. The van der Waals surface area contributed by atoms with Crippen LogP contribution in [0.1, 0.15) is 60.7 Å². The predicted molar refractivity (Wildman–Crippen MR) is 109 cm³/mol. The summed E-state index contributed by atoms with van der Waals surface area (Å²) >= 11 is 0. The van der Waals surface area contributed by atoms with Crippen molar-refractivity contribution in [2.24, 2.45) is 0 Å². The Balaban J connectivity index is 1.96. The number of rotatable bonds is 8. The van der Waals surface area contributed by atoms with Crippen molar-refractivity contribution >= 4 is 0 Å². The van der Waals surface area contributed by atoms with Gasteiger partial charge in [-0.15, -0.1) is 0 Å². The number of alkyl halides is 2. The molecule has 1 aliphatic heterocycles. The minimum absolute atomic E-state index is 0.0172. The van der Waals surface area contributed by atoms with Crippen LogP contribution in [-0.4, -0.2) is 24.4 Å². The normalized spacial score (nSPS) is 15.9. The number of halogens is 2. The molecule has 2 atom stereocenters. The standard InChI is InChI=1S/C22H29F2N3O2/c1-4-20(29-3)26-14(2)18-13-27(19-9-10-25-11-17(19)21(18)28)12-15-5-7-16(8-6-15)22(23)24/h5-8,13-14,20,22,25-26H,4,9-12H2,1-3H3. The Morgan fingerprint density at radius 2 is 2.00 bits per heavy atom. The summed E-state index contributed by atoms with van der Waals surface area (Å²) in [5.74, 6) is 0. The van der Waals surface area contributed by atoms with Gasteiger partial charge in [0.15, 0.2) is 5.43 Å². The van der Waals surface area contributed by atoms with Gasteiger partial charge in [-0.2, -0.15) is 0 Å². The number of pyridine rings is 1. The average molecular weight is 405 g/mol. The van der Waals surface area contributed by atoms with Gasteiger partial charge in [-0.1, -0.05) is 31.2 Å². The zero-order valence-corrected chi connectivity index (χ0v) is 17.2. The van der Waals surface area contributed by atoms with E-state index in [1.54, 1.807) is 19.2 Å². The summed E-state index contributed by atoms with van der Waals surface area (Å²) in [5, 5.41) is 6.63. The van der Waals surface area contributed by atoms with Crippen LogP contribution in [0.5, 0.6) is 0 Å². The van der Waals surface area contributed by atoms with E-state index < -0.39 is 6.43 Å². The van der Waals surface area contributed by atoms with Gasteiger partial charge in [0.2, 0.25) is 0 Å². The molecule has 2 heterocycles. The van der Waals surface area contributed by atoms with E-state index in [0.717, 1.165) is 36.2 Å². The maximum atomic E-state index is 13.1. The molecule has 0 saturated heterocycles. The van der Waals surface area contributed by atoms with Crippen molar-refractivity contribution in [2.75, 3.05) is 13.7 Å². The molecule has 158 valence electrons. The van der Waals surface area contributed by atoms with Crippen molar-refractivity contribution in [2.45, 2.75) is 58.5 Å². The van der Waals surface area contributed by atoms with E-state index in [1.165, 1.54) is 12.1 Å². The van der Waals surface area contributed by atoms with Crippen LogP contribution in [-0.2, 0) is 24.2 Å². The fraction of sp³-hybridized carbons (Fsp3) is 0.500. The third-order valence-electron chi connectivity index (χ3n) is 5.51. The molecule has 1 aliphatic rings. The highest BCUT2D eigenvalue weighted by Gasteiger charge is 2.22. The molecule has 3 rings (SSSR count). The summed E-state index contributed by atoms with van der Waals surface area (Å²) in [7, 11) is 1.64. The molecule has 5 nitrogen and oxygen atoms in total. The molecule has 0 amide bonds. The van der Waals surface area contributed by atoms with Gasteiger partial charge in [0, 0.05) is 67.8 Å². The summed E-state index contributed by atoms with van der Waals surface area (Å²) in [6, 6.07) is 6.21. The van der Waals surface area contributed by atoms with Crippen molar-refractivity contribution in [3.63, 3.8) is 0 Å². The highest BCUT2D eigenvalue weighted by Crippen LogP contribution is 2.21. The molecule has 0 radical (unpaired) electrons. The first-order chi connectivity index (χ1) is 13.9. The highest BCUT2D eigenvalue weighted by atomic mass is 19.3. The van der Waals surface area contributed by atoms with E-state index in [2.05, 4.69) is 15.2 Å². The van der Waals surface area contributed by atoms with E-state index in [-0.39, 0.29) is 23.3 Å². The molecule has 0 aliphatic carbocycles. The van der Waals surface area contributed by atoms with Gasteiger partial charge in [0.05, 0.1) is 0 Å². The molecule has 0 fully saturated rings. The predicted octanol–water partition coefficient (Wildman–Crippen LogP) is 3.51. The number of hydrogen-bond donors (Lipinski definition) is 2. The third-order valence-corrected chi connectivity index (χ3v) is 5.51. The number of fused-ring (bicyclic) bond motifs is 1. The molecule has 0 spiro atoms. The van der Waals surface area contributed by atoms with Crippen LogP contribution >= 0.6 is 0 Å². The lowest BCUT2D eigenvalue weighted by atomic mass is 10.00. The number of nitrogens with one attached hydrogen (secondary N) is 2. The molecular weight excluding hydrogens is 376 g/mol. The van der Waals surface area contributed by atoms with Gasteiger partial charge in [-0.3, -0.25) is 10.1 Å². The molecule has 1 aromatic heterocycles. The first kappa shape index (κ1) is 21.6. The molecular formula is C22H29F2N3O2. The molecule has 0 bridgehead atoms. The van der Waals surface area contributed by atoms with Gasteiger partial charge < -0.3 is 14.6 Å². The van der Waals surface area contributed by atoms with E-state index in [9.17, 15) is 13.6 Å². The monoisotopic (exact) mass is 405 g/mol. The van der Waals surface area contributed by atoms with E-state index in [4.69, 9.17) is 4.74 Å².